The van der Waals surface area contributed by atoms with Crippen LogP contribution < -0.4 is 5.73 Å². The third-order valence-corrected chi connectivity index (χ3v) is 3.95. The summed E-state index contributed by atoms with van der Waals surface area (Å²) in [5.74, 6) is 0.591. The minimum absolute atomic E-state index is 0.0774. The second-order valence-electron chi connectivity index (χ2n) is 5.75. The monoisotopic (exact) mass is 256 g/mol. The summed E-state index contributed by atoms with van der Waals surface area (Å²) in [6.45, 7) is 6.75. The fraction of sp³-hybridized carbons (Fsp3) is 0.929. The Morgan fingerprint density at radius 2 is 2.06 bits per heavy atom. The summed E-state index contributed by atoms with van der Waals surface area (Å²) in [5.41, 5.74) is 6.04. The topological polar surface area (TPSA) is 55.6 Å². The first-order chi connectivity index (χ1) is 8.45. The molecule has 0 saturated heterocycles. The van der Waals surface area contributed by atoms with Gasteiger partial charge in [0.25, 0.3) is 0 Å². The maximum atomic E-state index is 12.4. The predicted octanol–water partition coefficient (Wildman–Crippen LogP) is 1.78. The molecule has 0 aromatic rings. The van der Waals surface area contributed by atoms with Crippen molar-refractivity contribution in [3.63, 3.8) is 0 Å². The van der Waals surface area contributed by atoms with E-state index in [9.17, 15) is 4.79 Å². The molecule has 1 saturated carbocycles. The van der Waals surface area contributed by atoms with E-state index in [1.165, 1.54) is 0 Å². The Hall–Kier alpha value is -0.610. The maximum Gasteiger partial charge on any atom is 0.223 e. The Morgan fingerprint density at radius 3 is 2.50 bits per heavy atom. The standard InChI is InChI=1S/C14H28N2O2/c1-10(2)16(9-11(3)18-4)14(17)8-12-6-5-7-13(12)15/h10-13H,5-9,15H2,1-4H3/t11?,12-,13+/m0/s1. The average Bonchev–Trinajstić information content (AvgIpc) is 2.71. The largest absolute Gasteiger partial charge is 0.380 e. The number of nitrogens with two attached hydrogens (primary N) is 1. The van der Waals surface area contributed by atoms with Gasteiger partial charge >= 0.3 is 0 Å². The normalized spacial score (nSPS) is 25.4. The molecule has 18 heavy (non-hydrogen) atoms. The summed E-state index contributed by atoms with van der Waals surface area (Å²) < 4.78 is 5.25. The predicted molar refractivity (Wildman–Crippen MR) is 73.3 cm³/mol. The number of carbonyl (C=O) groups excluding carboxylic acids is 1. The van der Waals surface area contributed by atoms with E-state index in [0.717, 1.165) is 19.3 Å². The molecular weight excluding hydrogens is 228 g/mol. The lowest BCUT2D eigenvalue weighted by molar-refractivity contribution is -0.135. The molecule has 4 heteroatoms. The van der Waals surface area contributed by atoms with E-state index in [1.54, 1.807) is 7.11 Å². The quantitative estimate of drug-likeness (QED) is 0.788. The number of nitrogens with zero attached hydrogens (tertiary/aromatic N) is 1. The lowest BCUT2D eigenvalue weighted by Gasteiger charge is -2.30. The van der Waals surface area contributed by atoms with Crippen molar-refractivity contribution >= 4 is 5.91 Å². The summed E-state index contributed by atoms with van der Waals surface area (Å²) >= 11 is 0. The Bertz CT molecular complexity index is 269. The number of hydrogen-bond donors (Lipinski definition) is 1. The van der Waals surface area contributed by atoms with Crippen LogP contribution in [0, 0.1) is 5.92 Å². The van der Waals surface area contributed by atoms with Gasteiger partial charge in [0.05, 0.1) is 6.10 Å². The molecule has 0 bridgehead atoms. The van der Waals surface area contributed by atoms with Crippen molar-refractivity contribution in [3.8, 4) is 0 Å². The molecule has 0 aliphatic heterocycles. The van der Waals surface area contributed by atoms with Gasteiger partial charge in [-0.25, -0.2) is 0 Å². The van der Waals surface area contributed by atoms with Crippen LogP contribution in [-0.4, -0.2) is 42.6 Å². The van der Waals surface area contributed by atoms with E-state index in [4.69, 9.17) is 10.5 Å². The van der Waals surface area contributed by atoms with Crippen molar-refractivity contribution in [1.29, 1.82) is 0 Å². The van der Waals surface area contributed by atoms with Crippen LogP contribution in [0.4, 0.5) is 0 Å². The van der Waals surface area contributed by atoms with Gasteiger partial charge in [0.2, 0.25) is 5.91 Å². The van der Waals surface area contributed by atoms with Gasteiger partial charge in [-0.15, -0.1) is 0 Å². The van der Waals surface area contributed by atoms with Crippen LogP contribution in [0.3, 0.4) is 0 Å². The van der Waals surface area contributed by atoms with Gasteiger partial charge in [-0.05, 0) is 39.5 Å². The number of amides is 1. The highest BCUT2D eigenvalue weighted by Gasteiger charge is 2.29. The molecule has 2 N–H and O–H groups in total. The molecule has 0 radical (unpaired) electrons. The molecule has 0 aromatic carbocycles. The molecule has 0 spiro atoms. The molecular formula is C14H28N2O2. The molecule has 1 unspecified atom stereocenters. The summed E-state index contributed by atoms with van der Waals surface area (Å²) in [6, 6.07) is 0.426. The Balaban J connectivity index is 2.54. The zero-order chi connectivity index (χ0) is 13.7. The Morgan fingerprint density at radius 1 is 1.39 bits per heavy atom. The summed E-state index contributed by atoms with van der Waals surface area (Å²) in [7, 11) is 1.68. The second kappa shape index (κ2) is 7.10. The van der Waals surface area contributed by atoms with Crippen molar-refractivity contribution < 1.29 is 9.53 Å². The van der Waals surface area contributed by atoms with E-state index >= 15 is 0 Å². The van der Waals surface area contributed by atoms with Crippen molar-refractivity contribution in [3.05, 3.63) is 0 Å². The van der Waals surface area contributed by atoms with E-state index < -0.39 is 0 Å². The maximum absolute atomic E-state index is 12.4. The zero-order valence-electron chi connectivity index (χ0n) is 12.2. The molecule has 1 aliphatic carbocycles. The fourth-order valence-electron chi connectivity index (χ4n) is 2.61. The molecule has 3 atom stereocenters. The van der Waals surface area contributed by atoms with Crippen LogP contribution in [0.15, 0.2) is 0 Å². The molecule has 1 aliphatic rings. The number of rotatable bonds is 6. The lowest BCUT2D eigenvalue weighted by Crippen LogP contribution is -2.43. The summed E-state index contributed by atoms with van der Waals surface area (Å²) in [4.78, 5) is 14.3. The van der Waals surface area contributed by atoms with E-state index in [1.807, 2.05) is 11.8 Å². The van der Waals surface area contributed by atoms with Crippen LogP contribution in [0.25, 0.3) is 0 Å². The highest BCUT2D eigenvalue weighted by Crippen LogP contribution is 2.27. The first-order valence-electron chi connectivity index (χ1n) is 7.03. The van der Waals surface area contributed by atoms with Gasteiger partial charge in [-0.3, -0.25) is 4.79 Å². The average molecular weight is 256 g/mol. The van der Waals surface area contributed by atoms with E-state index in [2.05, 4.69) is 13.8 Å². The zero-order valence-corrected chi connectivity index (χ0v) is 12.2. The second-order valence-corrected chi connectivity index (χ2v) is 5.75. The third-order valence-electron chi connectivity index (χ3n) is 3.95. The summed E-state index contributed by atoms with van der Waals surface area (Å²) in [6.07, 6.45) is 3.99. The van der Waals surface area contributed by atoms with Crippen molar-refractivity contribution in [2.75, 3.05) is 13.7 Å². The van der Waals surface area contributed by atoms with Crippen LogP contribution in [0.1, 0.15) is 46.5 Å². The highest BCUT2D eigenvalue weighted by molar-refractivity contribution is 5.76. The summed E-state index contributed by atoms with van der Waals surface area (Å²) in [5, 5.41) is 0. The SMILES string of the molecule is COC(C)CN(C(=O)C[C@@H]1CCC[C@H]1N)C(C)C. The van der Waals surface area contributed by atoms with E-state index in [0.29, 0.717) is 18.9 Å². The minimum atomic E-state index is 0.0774. The van der Waals surface area contributed by atoms with Crippen LogP contribution in [0.2, 0.25) is 0 Å². The molecule has 0 heterocycles. The molecule has 4 nitrogen and oxygen atoms in total. The highest BCUT2D eigenvalue weighted by atomic mass is 16.5. The van der Waals surface area contributed by atoms with Gasteiger partial charge < -0.3 is 15.4 Å². The van der Waals surface area contributed by atoms with Gasteiger partial charge in [0.1, 0.15) is 0 Å². The fourth-order valence-corrected chi connectivity index (χ4v) is 2.61. The number of methoxy groups -OCH3 is 1. The number of ether oxygens (including phenoxy) is 1. The number of hydrogen-bond acceptors (Lipinski definition) is 3. The van der Waals surface area contributed by atoms with Gasteiger partial charge in [0, 0.05) is 32.2 Å². The van der Waals surface area contributed by atoms with Crippen LogP contribution in [0.5, 0.6) is 0 Å². The van der Waals surface area contributed by atoms with Gasteiger partial charge in [-0.2, -0.15) is 0 Å². The van der Waals surface area contributed by atoms with Gasteiger partial charge in [-0.1, -0.05) is 6.42 Å². The molecule has 106 valence electrons. The molecule has 1 amide bonds. The molecule has 1 fully saturated rings. The van der Waals surface area contributed by atoms with Gasteiger partial charge in [0.15, 0.2) is 0 Å². The van der Waals surface area contributed by atoms with Crippen LogP contribution >= 0.6 is 0 Å². The minimum Gasteiger partial charge on any atom is -0.380 e. The smallest absolute Gasteiger partial charge is 0.223 e. The molecule has 1 rings (SSSR count). The van der Waals surface area contributed by atoms with E-state index in [-0.39, 0.29) is 24.1 Å². The first-order valence-corrected chi connectivity index (χ1v) is 7.03. The Kier molecular flexibility index (Phi) is 6.09. The third kappa shape index (κ3) is 4.25. The van der Waals surface area contributed by atoms with Crippen molar-refractivity contribution in [2.24, 2.45) is 11.7 Å². The molecule has 0 aromatic heterocycles. The van der Waals surface area contributed by atoms with Crippen LogP contribution in [-0.2, 0) is 9.53 Å². The Labute approximate surface area is 111 Å². The van der Waals surface area contributed by atoms with Crippen molar-refractivity contribution in [2.45, 2.75) is 64.6 Å². The number of carbonyl (C=O) groups is 1. The lowest BCUT2D eigenvalue weighted by atomic mass is 9.99. The van der Waals surface area contributed by atoms with Crippen molar-refractivity contribution in [1.82, 2.24) is 4.90 Å². The first kappa shape index (κ1) is 15.4.